The number of hydrogen-bond acceptors (Lipinski definition) is 6. The third-order valence-electron chi connectivity index (χ3n) is 7.81. The first kappa shape index (κ1) is 40.1. The van der Waals surface area contributed by atoms with Gasteiger partial charge in [-0.15, -0.1) is 0 Å². The Morgan fingerprint density at radius 3 is 1.79 bits per heavy atom. The van der Waals surface area contributed by atoms with Crippen molar-refractivity contribution in [3.8, 4) is 5.75 Å². The van der Waals surface area contributed by atoms with Crippen LogP contribution in [0.5, 0.6) is 5.75 Å². The van der Waals surface area contributed by atoms with Gasteiger partial charge in [0.15, 0.2) is 0 Å². The Balaban J connectivity index is 1.99. The van der Waals surface area contributed by atoms with Crippen LogP contribution in [0.1, 0.15) is 128 Å². The van der Waals surface area contributed by atoms with Crippen molar-refractivity contribution < 1.29 is 32.6 Å². The van der Waals surface area contributed by atoms with Crippen LogP contribution in [-0.2, 0) is 19.6 Å². The molecule has 0 spiro atoms. The van der Waals surface area contributed by atoms with Crippen molar-refractivity contribution in [3.05, 3.63) is 54.1 Å². The summed E-state index contributed by atoms with van der Waals surface area (Å²) < 4.78 is 34.0. The molecular formula is C36H53ClN2O7S. The minimum Gasteiger partial charge on any atom is -0.478 e. The Labute approximate surface area is 286 Å². The van der Waals surface area contributed by atoms with Crippen molar-refractivity contribution in [3.63, 3.8) is 0 Å². The van der Waals surface area contributed by atoms with Gasteiger partial charge in [0.2, 0.25) is 15.8 Å². The normalized spacial score (nSPS) is 13.0. The topological polar surface area (TPSA) is 139 Å². The van der Waals surface area contributed by atoms with Gasteiger partial charge in [-0.05, 0) is 30.7 Å². The molecule has 1 atom stereocenters. The van der Waals surface area contributed by atoms with Gasteiger partial charge < -0.3 is 15.2 Å². The predicted molar refractivity (Wildman–Crippen MR) is 190 cm³/mol. The van der Waals surface area contributed by atoms with Crippen molar-refractivity contribution in [1.82, 2.24) is 0 Å². The van der Waals surface area contributed by atoms with Gasteiger partial charge in [-0.1, -0.05) is 141 Å². The summed E-state index contributed by atoms with van der Waals surface area (Å²) in [5.41, 5.74) is -1.30. The Morgan fingerprint density at radius 2 is 1.30 bits per heavy atom. The summed E-state index contributed by atoms with van der Waals surface area (Å²) in [6.45, 7) is 6.97. The second kappa shape index (κ2) is 19.6. The molecule has 262 valence electrons. The number of halogens is 1. The summed E-state index contributed by atoms with van der Waals surface area (Å²) in [7, 11) is -3.91. The fourth-order valence-corrected chi connectivity index (χ4v) is 6.75. The molecule has 2 aromatic carbocycles. The van der Waals surface area contributed by atoms with E-state index in [-0.39, 0.29) is 22.8 Å². The molecule has 47 heavy (non-hydrogen) atoms. The average molecular weight is 693 g/mol. The zero-order valence-electron chi connectivity index (χ0n) is 28.4. The molecule has 0 fully saturated rings. The lowest BCUT2D eigenvalue weighted by molar-refractivity contribution is -0.144. The van der Waals surface area contributed by atoms with E-state index in [9.17, 15) is 27.9 Å². The smallest absolute Gasteiger partial charge is 0.337 e. The van der Waals surface area contributed by atoms with Gasteiger partial charge in [-0.3, -0.25) is 14.3 Å². The molecule has 1 unspecified atom stereocenters. The standard InChI is InChI=1S/C36H53ClN2O7S/c1-5-6-7-8-9-10-11-12-13-14-15-16-17-21-26-47(44,45)39-31-27-29(24-25-30(31)32(40)41)46-36(37,33(42)35(2,3)4)34(43)38-28-22-19-18-20-23-28/h18-20,22-25,27,39H,5-17,21,26H2,1-4H3,(H,38,43)(H,40,41). The number of Topliss-reactive ketones (excluding diaryl/α,β-unsaturated/α-hetero) is 1. The molecule has 0 aliphatic carbocycles. The van der Waals surface area contributed by atoms with Gasteiger partial charge in [-0.25, -0.2) is 13.2 Å². The molecule has 0 aliphatic heterocycles. The molecule has 11 heteroatoms. The fraction of sp³-hybridized carbons (Fsp3) is 0.583. The van der Waals surface area contributed by atoms with Crippen molar-refractivity contribution >= 4 is 50.7 Å². The molecule has 0 aliphatic rings. The first-order valence-electron chi connectivity index (χ1n) is 16.9. The van der Waals surface area contributed by atoms with Crippen LogP contribution < -0.4 is 14.8 Å². The summed E-state index contributed by atoms with van der Waals surface area (Å²) in [6.07, 6.45) is 15.9. The van der Waals surface area contributed by atoms with E-state index in [1.54, 1.807) is 51.1 Å². The molecule has 1 amide bonds. The van der Waals surface area contributed by atoms with Crippen LogP contribution in [0, 0.1) is 5.41 Å². The highest BCUT2D eigenvalue weighted by Crippen LogP contribution is 2.34. The highest BCUT2D eigenvalue weighted by molar-refractivity contribution is 7.92. The molecule has 0 bridgehead atoms. The van der Waals surface area contributed by atoms with Gasteiger partial charge >= 0.3 is 11.0 Å². The highest BCUT2D eigenvalue weighted by Gasteiger charge is 2.51. The number of carbonyl (C=O) groups is 3. The van der Waals surface area contributed by atoms with Crippen LogP contribution >= 0.6 is 11.6 Å². The number of para-hydroxylation sites is 1. The lowest BCUT2D eigenvalue weighted by atomic mass is 9.86. The summed E-state index contributed by atoms with van der Waals surface area (Å²) in [5.74, 6) is -3.42. The Kier molecular flexibility index (Phi) is 16.8. The first-order chi connectivity index (χ1) is 22.2. The largest absolute Gasteiger partial charge is 0.478 e. The Bertz CT molecular complexity index is 1390. The molecule has 2 rings (SSSR count). The van der Waals surface area contributed by atoms with Crippen LogP contribution in [0.3, 0.4) is 0 Å². The molecule has 0 saturated carbocycles. The summed E-state index contributed by atoms with van der Waals surface area (Å²) in [4.78, 5) is 38.7. The lowest BCUT2D eigenvalue weighted by Crippen LogP contribution is -2.54. The second-order valence-electron chi connectivity index (χ2n) is 13.1. The number of anilines is 2. The monoisotopic (exact) mass is 692 g/mol. The van der Waals surface area contributed by atoms with E-state index < -0.39 is 38.2 Å². The van der Waals surface area contributed by atoms with Crippen LogP contribution in [-0.4, -0.2) is 42.0 Å². The number of carboxylic acid groups (broad SMARTS) is 1. The third kappa shape index (κ3) is 14.3. The van der Waals surface area contributed by atoms with Crippen LogP contribution in [0.15, 0.2) is 48.5 Å². The number of carbonyl (C=O) groups excluding carboxylic acids is 2. The van der Waals surface area contributed by atoms with E-state index in [1.807, 2.05) is 0 Å². The lowest BCUT2D eigenvalue weighted by Gasteiger charge is -2.31. The third-order valence-corrected chi connectivity index (χ3v) is 9.59. The summed E-state index contributed by atoms with van der Waals surface area (Å²) in [6, 6.07) is 11.8. The van der Waals surface area contributed by atoms with Crippen molar-refractivity contribution in [2.24, 2.45) is 5.41 Å². The molecule has 3 N–H and O–H groups in total. The maximum atomic E-state index is 13.4. The van der Waals surface area contributed by atoms with Gasteiger partial charge in [0.05, 0.1) is 17.0 Å². The number of carboxylic acids is 1. The number of benzene rings is 2. The number of ether oxygens (including phenoxy) is 1. The quantitative estimate of drug-likeness (QED) is 0.0599. The van der Waals surface area contributed by atoms with E-state index in [4.69, 9.17) is 16.3 Å². The summed E-state index contributed by atoms with van der Waals surface area (Å²) >= 11 is 6.63. The predicted octanol–water partition coefficient (Wildman–Crippen LogP) is 9.18. The zero-order valence-corrected chi connectivity index (χ0v) is 30.0. The number of nitrogens with one attached hydrogen (secondary N) is 2. The van der Waals surface area contributed by atoms with Crippen molar-refractivity contribution in [2.45, 2.75) is 123 Å². The molecular weight excluding hydrogens is 640 g/mol. The van der Waals surface area contributed by atoms with Gasteiger partial charge in [0.1, 0.15) is 5.75 Å². The number of alkyl halides is 1. The highest BCUT2D eigenvalue weighted by atomic mass is 35.5. The molecule has 2 aromatic rings. The van der Waals surface area contributed by atoms with Crippen LogP contribution in [0.2, 0.25) is 0 Å². The van der Waals surface area contributed by atoms with E-state index in [1.165, 1.54) is 63.9 Å². The van der Waals surface area contributed by atoms with Gasteiger partial charge in [-0.2, -0.15) is 0 Å². The van der Waals surface area contributed by atoms with Crippen LogP contribution in [0.25, 0.3) is 0 Å². The first-order valence-corrected chi connectivity index (χ1v) is 18.9. The maximum Gasteiger partial charge on any atom is 0.337 e. The van der Waals surface area contributed by atoms with E-state index in [2.05, 4.69) is 17.0 Å². The summed E-state index contributed by atoms with van der Waals surface area (Å²) in [5, 5.41) is 9.76. The number of aromatic carboxylic acids is 1. The Hall–Kier alpha value is -3.11. The average Bonchev–Trinajstić information content (AvgIpc) is 3.00. The van der Waals surface area contributed by atoms with Crippen molar-refractivity contribution in [2.75, 3.05) is 15.8 Å². The fourth-order valence-electron chi connectivity index (χ4n) is 5.14. The molecule has 9 nitrogen and oxygen atoms in total. The SMILES string of the molecule is CCCCCCCCCCCCCCCCS(=O)(=O)Nc1cc(OC(Cl)(C(=O)Nc2ccccc2)C(=O)C(C)(C)C)ccc1C(=O)O. The molecule has 0 heterocycles. The maximum absolute atomic E-state index is 13.4. The van der Waals surface area contributed by atoms with Crippen LogP contribution in [0.4, 0.5) is 11.4 Å². The minimum absolute atomic E-state index is 0.167. The molecule has 0 saturated heterocycles. The van der Waals surface area contributed by atoms with E-state index in [0.29, 0.717) is 12.1 Å². The molecule has 0 radical (unpaired) electrons. The molecule has 0 aromatic heterocycles. The Morgan fingerprint density at radius 1 is 0.787 bits per heavy atom. The number of rotatable bonds is 23. The number of amides is 1. The van der Waals surface area contributed by atoms with E-state index in [0.717, 1.165) is 37.8 Å². The zero-order chi connectivity index (χ0) is 34.9. The number of hydrogen-bond donors (Lipinski definition) is 3. The van der Waals surface area contributed by atoms with E-state index >= 15 is 0 Å². The number of ketones is 1. The van der Waals surface area contributed by atoms with Gasteiger partial charge in [0.25, 0.3) is 5.91 Å². The minimum atomic E-state index is -3.91. The number of unbranched alkanes of at least 4 members (excludes halogenated alkanes) is 13. The van der Waals surface area contributed by atoms with Crippen molar-refractivity contribution in [1.29, 1.82) is 0 Å². The van der Waals surface area contributed by atoms with Gasteiger partial charge in [0, 0.05) is 17.2 Å². The second-order valence-corrected chi connectivity index (χ2v) is 15.5. The number of sulfonamides is 1.